The highest BCUT2D eigenvalue weighted by molar-refractivity contribution is 7.92. The number of hydrogen-bond donors (Lipinski definition) is 2. The average Bonchev–Trinajstić information content (AvgIpc) is 2.53. The Kier molecular flexibility index (Phi) is 5.38. The van der Waals surface area contributed by atoms with Gasteiger partial charge in [0.15, 0.2) is 0 Å². The first kappa shape index (κ1) is 18.4. The largest absolute Gasteiger partial charge is 0.465 e. The Morgan fingerprint density at radius 2 is 1.76 bits per heavy atom. The summed E-state index contributed by atoms with van der Waals surface area (Å²) in [7, 11) is -3.17. The quantitative estimate of drug-likeness (QED) is 0.791. The summed E-state index contributed by atoms with van der Waals surface area (Å²) in [6.07, 6.45) is 0. The van der Waals surface area contributed by atoms with Gasteiger partial charge in [-0.25, -0.2) is 17.6 Å². The molecule has 2 N–H and O–H groups in total. The number of halogens is 1. The van der Waals surface area contributed by atoms with Gasteiger partial charge in [-0.15, -0.1) is 0 Å². The number of rotatable bonds is 5. The number of ether oxygens (including phenoxy) is 1. The molecule has 0 aliphatic rings. The highest BCUT2D eigenvalue weighted by atomic mass is 32.2. The molecular weight excluding hydrogens is 351 g/mol. The molecule has 0 saturated heterocycles. The number of carbonyl (C=O) groups is 2. The monoisotopic (exact) mass is 366 g/mol. The third-order valence-corrected chi connectivity index (χ3v) is 4.47. The van der Waals surface area contributed by atoms with Crippen molar-refractivity contribution < 1.29 is 27.1 Å². The number of benzene rings is 2. The second kappa shape index (κ2) is 7.31. The number of anilines is 2. The van der Waals surface area contributed by atoms with Gasteiger partial charge in [-0.05, 0) is 36.4 Å². The van der Waals surface area contributed by atoms with Gasteiger partial charge in [0.25, 0.3) is 10.0 Å². The van der Waals surface area contributed by atoms with E-state index in [-0.39, 0.29) is 17.2 Å². The molecule has 0 aromatic heterocycles. The molecule has 132 valence electrons. The van der Waals surface area contributed by atoms with Gasteiger partial charge in [0.05, 0.1) is 18.4 Å². The van der Waals surface area contributed by atoms with Gasteiger partial charge in [0, 0.05) is 12.6 Å². The molecule has 7 nitrogen and oxygen atoms in total. The van der Waals surface area contributed by atoms with Crippen molar-refractivity contribution in [3.8, 4) is 0 Å². The lowest BCUT2D eigenvalue weighted by Crippen LogP contribution is -2.16. The molecule has 0 bridgehead atoms. The molecule has 0 saturated carbocycles. The number of sulfonamides is 1. The minimum Gasteiger partial charge on any atom is -0.465 e. The van der Waals surface area contributed by atoms with E-state index in [9.17, 15) is 22.4 Å². The summed E-state index contributed by atoms with van der Waals surface area (Å²) in [5, 5.41) is 2.50. The third-order valence-electron chi connectivity index (χ3n) is 3.08. The van der Waals surface area contributed by atoms with Gasteiger partial charge in [-0.1, -0.05) is 6.07 Å². The van der Waals surface area contributed by atoms with Crippen molar-refractivity contribution in [2.45, 2.75) is 11.8 Å². The van der Waals surface area contributed by atoms with Crippen LogP contribution >= 0.6 is 0 Å². The molecule has 0 unspecified atom stereocenters. The highest BCUT2D eigenvalue weighted by Gasteiger charge is 2.22. The predicted octanol–water partition coefficient (Wildman–Crippen LogP) is 2.37. The van der Waals surface area contributed by atoms with Crippen molar-refractivity contribution in [1.82, 2.24) is 0 Å². The molecule has 0 heterocycles. The summed E-state index contributed by atoms with van der Waals surface area (Å²) in [6, 6.07) is 8.78. The van der Waals surface area contributed by atoms with E-state index < -0.39 is 26.7 Å². The fourth-order valence-electron chi connectivity index (χ4n) is 2.03. The zero-order valence-corrected chi connectivity index (χ0v) is 14.2. The van der Waals surface area contributed by atoms with Crippen LogP contribution in [0.4, 0.5) is 15.8 Å². The van der Waals surface area contributed by atoms with Crippen LogP contribution in [-0.4, -0.2) is 27.4 Å². The Hall–Kier alpha value is -2.94. The van der Waals surface area contributed by atoms with Crippen LogP contribution in [-0.2, 0) is 19.6 Å². The summed E-state index contributed by atoms with van der Waals surface area (Å²) in [5.74, 6) is -2.13. The van der Waals surface area contributed by atoms with Crippen molar-refractivity contribution in [3.05, 3.63) is 53.8 Å². The molecular formula is C16H15FN2O5S. The van der Waals surface area contributed by atoms with Crippen LogP contribution in [0.1, 0.15) is 17.3 Å². The number of hydrogen-bond acceptors (Lipinski definition) is 5. The first-order valence-corrected chi connectivity index (χ1v) is 8.49. The summed E-state index contributed by atoms with van der Waals surface area (Å²) in [6.45, 7) is 1.31. The molecule has 0 spiro atoms. The number of esters is 1. The fourth-order valence-corrected chi connectivity index (χ4v) is 3.18. The Morgan fingerprint density at radius 1 is 1.08 bits per heavy atom. The first-order valence-electron chi connectivity index (χ1n) is 7.01. The van der Waals surface area contributed by atoms with Crippen LogP contribution in [0.15, 0.2) is 47.4 Å². The van der Waals surface area contributed by atoms with E-state index >= 15 is 0 Å². The molecule has 2 rings (SSSR count). The van der Waals surface area contributed by atoms with Crippen molar-refractivity contribution in [2.75, 3.05) is 17.1 Å². The van der Waals surface area contributed by atoms with E-state index in [1.807, 2.05) is 0 Å². The van der Waals surface area contributed by atoms with Crippen LogP contribution in [0.5, 0.6) is 0 Å². The van der Waals surface area contributed by atoms with Gasteiger partial charge in [-0.3, -0.25) is 9.52 Å². The second-order valence-corrected chi connectivity index (χ2v) is 6.66. The van der Waals surface area contributed by atoms with Crippen molar-refractivity contribution in [3.63, 3.8) is 0 Å². The van der Waals surface area contributed by atoms with Crippen LogP contribution in [0.25, 0.3) is 0 Å². The maximum atomic E-state index is 14.0. The molecule has 2 aromatic carbocycles. The summed E-state index contributed by atoms with van der Waals surface area (Å²) < 4.78 is 45.5. The van der Waals surface area contributed by atoms with Crippen LogP contribution in [0.3, 0.4) is 0 Å². The van der Waals surface area contributed by atoms with Gasteiger partial charge < -0.3 is 10.1 Å². The van der Waals surface area contributed by atoms with E-state index in [0.29, 0.717) is 5.69 Å². The van der Waals surface area contributed by atoms with E-state index in [4.69, 9.17) is 0 Å². The standard InChI is InChI=1S/C16H15FN2O5S/c1-10(20)18-12-4-3-5-13(9-12)19-25(22,23)15-8-11(16(21)24-2)6-7-14(15)17/h3-9,19H,1-2H3,(H,18,20). The fraction of sp³-hybridized carbons (Fsp3) is 0.125. The maximum Gasteiger partial charge on any atom is 0.337 e. The zero-order valence-electron chi connectivity index (χ0n) is 13.4. The SMILES string of the molecule is COC(=O)c1ccc(F)c(S(=O)(=O)Nc2cccc(NC(C)=O)c2)c1. The Labute approximate surface area is 143 Å². The molecule has 0 fully saturated rings. The lowest BCUT2D eigenvalue weighted by Gasteiger charge is -2.11. The Balaban J connectivity index is 2.36. The Bertz CT molecular complexity index is 928. The van der Waals surface area contributed by atoms with Gasteiger partial charge >= 0.3 is 5.97 Å². The molecule has 1 amide bonds. The minimum absolute atomic E-state index is 0.101. The van der Waals surface area contributed by atoms with Gasteiger partial charge in [0.2, 0.25) is 5.91 Å². The van der Waals surface area contributed by atoms with Crippen molar-refractivity contribution >= 4 is 33.3 Å². The Morgan fingerprint density at radius 3 is 2.40 bits per heavy atom. The number of carbonyl (C=O) groups excluding carboxylic acids is 2. The van der Waals surface area contributed by atoms with Gasteiger partial charge in [0.1, 0.15) is 10.7 Å². The normalized spacial score (nSPS) is 10.8. The van der Waals surface area contributed by atoms with Crippen molar-refractivity contribution in [1.29, 1.82) is 0 Å². The third kappa shape index (κ3) is 4.54. The molecule has 9 heteroatoms. The molecule has 0 aliphatic heterocycles. The average molecular weight is 366 g/mol. The van der Waals surface area contributed by atoms with Crippen LogP contribution in [0, 0.1) is 5.82 Å². The molecule has 0 atom stereocenters. The van der Waals surface area contributed by atoms with Crippen molar-refractivity contribution in [2.24, 2.45) is 0 Å². The molecule has 0 aliphatic carbocycles. The van der Waals surface area contributed by atoms with Crippen LogP contribution < -0.4 is 10.0 Å². The maximum absolute atomic E-state index is 14.0. The topological polar surface area (TPSA) is 102 Å². The van der Waals surface area contributed by atoms with Gasteiger partial charge in [-0.2, -0.15) is 0 Å². The first-order chi connectivity index (χ1) is 11.7. The predicted molar refractivity (Wildman–Crippen MR) is 89.3 cm³/mol. The van der Waals surface area contributed by atoms with E-state index in [2.05, 4.69) is 14.8 Å². The van der Waals surface area contributed by atoms with E-state index in [0.717, 1.165) is 25.3 Å². The minimum atomic E-state index is -4.30. The molecule has 0 radical (unpaired) electrons. The summed E-state index contributed by atoms with van der Waals surface area (Å²) >= 11 is 0. The number of amides is 1. The highest BCUT2D eigenvalue weighted by Crippen LogP contribution is 2.22. The molecule has 2 aromatic rings. The van der Waals surface area contributed by atoms with Crippen LogP contribution in [0.2, 0.25) is 0 Å². The zero-order chi connectivity index (χ0) is 18.6. The number of methoxy groups -OCH3 is 1. The van der Waals surface area contributed by atoms with E-state index in [1.165, 1.54) is 25.1 Å². The lowest BCUT2D eigenvalue weighted by atomic mass is 10.2. The number of nitrogens with one attached hydrogen (secondary N) is 2. The van der Waals surface area contributed by atoms with E-state index in [1.54, 1.807) is 6.07 Å². The summed E-state index contributed by atoms with van der Waals surface area (Å²) in [4.78, 5) is 21.9. The summed E-state index contributed by atoms with van der Waals surface area (Å²) in [5.41, 5.74) is 0.391. The second-order valence-electron chi connectivity index (χ2n) is 5.00. The lowest BCUT2D eigenvalue weighted by molar-refractivity contribution is -0.114. The smallest absolute Gasteiger partial charge is 0.337 e. The molecule has 25 heavy (non-hydrogen) atoms.